The Balaban J connectivity index is 1.34. The van der Waals surface area contributed by atoms with Crippen LogP contribution >= 0.6 is 0 Å². The number of amides is 2. The van der Waals surface area contributed by atoms with Gasteiger partial charge in [-0.25, -0.2) is 4.79 Å². The van der Waals surface area contributed by atoms with E-state index in [1.165, 1.54) is 0 Å². The summed E-state index contributed by atoms with van der Waals surface area (Å²) in [7, 11) is 0. The van der Waals surface area contributed by atoms with Gasteiger partial charge in [-0.3, -0.25) is 9.59 Å². The third-order valence-corrected chi connectivity index (χ3v) is 5.56. The lowest BCUT2D eigenvalue weighted by Crippen LogP contribution is -2.44. The molecule has 0 aliphatic carbocycles. The molecule has 7 nitrogen and oxygen atoms in total. The largest absolute Gasteiger partial charge is 0.449 e. The lowest BCUT2D eigenvalue weighted by molar-refractivity contribution is -0.129. The first-order chi connectivity index (χ1) is 14.5. The number of fused-ring (bicyclic) bond motifs is 3. The molecule has 2 amide bonds. The van der Waals surface area contributed by atoms with E-state index in [1.807, 2.05) is 36.4 Å². The van der Waals surface area contributed by atoms with Crippen LogP contribution in [0, 0.1) is 0 Å². The predicted octanol–water partition coefficient (Wildman–Crippen LogP) is 2.51. The van der Waals surface area contributed by atoms with Crippen molar-refractivity contribution in [3.8, 4) is 0 Å². The van der Waals surface area contributed by atoms with Crippen LogP contribution in [-0.4, -0.2) is 43.0 Å². The van der Waals surface area contributed by atoms with Crippen molar-refractivity contribution < 1.29 is 19.1 Å². The Labute approximate surface area is 175 Å². The zero-order valence-corrected chi connectivity index (χ0v) is 16.9. The topological polar surface area (TPSA) is 87.7 Å². The van der Waals surface area contributed by atoms with Crippen LogP contribution in [0.3, 0.4) is 0 Å². The van der Waals surface area contributed by atoms with Crippen molar-refractivity contribution in [2.75, 3.05) is 23.3 Å². The molecule has 0 spiro atoms. The minimum Gasteiger partial charge on any atom is -0.449 e. The van der Waals surface area contributed by atoms with Gasteiger partial charge in [0.15, 0.2) is 6.10 Å². The molecule has 2 aliphatic heterocycles. The fourth-order valence-electron chi connectivity index (χ4n) is 3.96. The zero-order chi connectivity index (χ0) is 21.1. The number of benzene rings is 2. The second kappa shape index (κ2) is 8.57. The maximum Gasteiger partial charge on any atom is 0.338 e. The molecule has 7 heteroatoms. The van der Waals surface area contributed by atoms with Crippen molar-refractivity contribution in [3.63, 3.8) is 0 Å². The Kier molecular flexibility index (Phi) is 5.70. The van der Waals surface area contributed by atoms with Crippen LogP contribution in [0.4, 0.5) is 11.4 Å². The average molecular weight is 407 g/mol. The van der Waals surface area contributed by atoms with E-state index in [1.54, 1.807) is 19.1 Å². The molecule has 2 atom stereocenters. The van der Waals surface area contributed by atoms with Crippen molar-refractivity contribution in [1.29, 1.82) is 0 Å². The fraction of sp³-hybridized carbons (Fsp3) is 0.348. The van der Waals surface area contributed by atoms with Crippen molar-refractivity contribution >= 4 is 29.2 Å². The van der Waals surface area contributed by atoms with Gasteiger partial charge >= 0.3 is 5.97 Å². The van der Waals surface area contributed by atoms with Crippen molar-refractivity contribution in [1.82, 2.24) is 5.32 Å². The van der Waals surface area contributed by atoms with Crippen LogP contribution in [0.25, 0.3) is 0 Å². The van der Waals surface area contributed by atoms with Crippen LogP contribution in [-0.2, 0) is 20.7 Å². The molecule has 30 heavy (non-hydrogen) atoms. The highest BCUT2D eigenvalue weighted by atomic mass is 16.5. The summed E-state index contributed by atoms with van der Waals surface area (Å²) in [6, 6.07) is 14.8. The first kappa shape index (κ1) is 19.9. The summed E-state index contributed by atoms with van der Waals surface area (Å²) in [5.74, 6) is -0.983. The zero-order valence-electron chi connectivity index (χ0n) is 16.9. The lowest BCUT2D eigenvalue weighted by atomic mass is 10.1. The average Bonchev–Trinajstić information content (AvgIpc) is 3.25. The van der Waals surface area contributed by atoms with Gasteiger partial charge < -0.3 is 20.3 Å². The van der Waals surface area contributed by atoms with E-state index in [9.17, 15) is 14.4 Å². The highest BCUT2D eigenvalue weighted by Gasteiger charge is 2.36. The standard InChI is InChI=1S/C23H25N3O4/c1-15(21(27)24-12-11-16-6-3-2-4-7-16)30-23(29)17-9-10-19-18(14-17)25-22(28)20-8-5-13-26(19)20/h2-4,6-7,9-10,14-15,20H,5,8,11-13H2,1H3,(H,24,27)(H,25,28)/t15-,20+/m1/s1. The number of esters is 1. The van der Waals surface area contributed by atoms with E-state index in [4.69, 9.17) is 4.74 Å². The molecule has 156 valence electrons. The summed E-state index contributed by atoms with van der Waals surface area (Å²) in [6.45, 7) is 2.84. The van der Waals surface area contributed by atoms with Gasteiger partial charge in [0.1, 0.15) is 6.04 Å². The second-order valence-corrected chi connectivity index (χ2v) is 7.65. The number of ether oxygens (including phenoxy) is 1. The lowest BCUT2D eigenvalue weighted by Gasteiger charge is -2.33. The predicted molar refractivity (Wildman–Crippen MR) is 113 cm³/mol. The molecule has 0 saturated carbocycles. The Morgan fingerprint density at radius 2 is 2.03 bits per heavy atom. The summed E-state index contributed by atoms with van der Waals surface area (Å²) in [5.41, 5.74) is 2.95. The number of hydrogen-bond donors (Lipinski definition) is 2. The summed E-state index contributed by atoms with van der Waals surface area (Å²) in [4.78, 5) is 39.1. The third-order valence-electron chi connectivity index (χ3n) is 5.56. The third kappa shape index (κ3) is 4.15. The van der Waals surface area contributed by atoms with E-state index in [2.05, 4.69) is 15.5 Å². The maximum absolute atomic E-state index is 12.5. The number of hydrogen-bond acceptors (Lipinski definition) is 5. The molecule has 0 radical (unpaired) electrons. The molecule has 2 aliphatic rings. The molecule has 0 aromatic heterocycles. The molecule has 4 rings (SSSR count). The monoisotopic (exact) mass is 407 g/mol. The minimum atomic E-state index is -0.915. The number of carbonyl (C=O) groups excluding carboxylic acids is 3. The quantitative estimate of drug-likeness (QED) is 0.719. The summed E-state index contributed by atoms with van der Waals surface area (Å²) in [5, 5.41) is 5.67. The van der Waals surface area contributed by atoms with E-state index < -0.39 is 12.1 Å². The molecular formula is C23H25N3O4. The van der Waals surface area contributed by atoms with Gasteiger partial charge in [0, 0.05) is 13.1 Å². The van der Waals surface area contributed by atoms with Crippen LogP contribution in [0.15, 0.2) is 48.5 Å². The molecule has 1 fully saturated rings. The van der Waals surface area contributed by atoms with Crippen molar-refractivity contribution in [3.05, 3.63) is 59.7 Å². The van der Waals surface area contributed by atoms with Crippen LogP contribution < -0.4 is 15.5 Å². The smallest absolute Gasteiger partial charge is 0.338 e. The molecule has 2 aromatic rings. The Bertz CT molecular complexity index is 960. The van der Waals surface area contributed by atoms with E-state index in [-0.39, 0.29) is 17.9 Å². The molecule has 2 aromatic carbocycles. The second-order valence-electron chi connectivity index (χ2n) is 7.65. The maximum atomic E-state index is 12.5. The van der Waals surface area contributed by atoms with Crippen molar-refractivity contribution in [2.24, 2.45) is 0 Å². The molecule has 2 N–H and O–H groups in total. The van der Waals surface area contributed by atoms with Gasteiger partial charge in [0.2, 0.25) is 5.91 Å². The number of rotatable bonds is 6. The van der Waals surface area contributed by atoms with Gasteiger partial charge in [0.05, 0.1) is 16.9 Å². The summed E-state index contributed by atoms with van der Waals surface area (Å²) in [6.07, 6.45) is 1.60. The van der Waals surface area contributed by atoms with Crippen LogP contribution in [0.1, 0.15) is 35.7 Å². The highest BCUT2D eigenvalue weighted by molar-refractivity contribution is 6.05. The molecule has 0 bridgehead atoms. The van der Waals surface area contributed by atoms with Crippen LogP contribution in [0.5, 0.6) is 0 Å². The summed E-state index contributed by atoms with van der Waals surface area (Å²) < 4.78 is 5.33. The summed E-state index contributed by atoms with van der Waals surface area (Å²) >= 11 is 0. The number of nitrogens with zero attached hydrogens (tertiary/aromatic N) is 1. The van der Waals surface area contributed by atoms with Gasteiger partial charge in [-0.15, -0.1) is 0 Å². The number of nitrogens with one attached hydrogen (secondary N) is 2. The molecular weight excluding hydrogens is 382 g/mol. The Morgan fingerprint density at radius 3 is 2.83 bits per heavy atom. The Morgan fingerprint density at radius 1 is 1.23 bits per heavy atom. The van der Waals surface area contributed by atoms with E-state index in [0.717, 1.165) is 30.6 Å². The SMILES string of the molecule is C[C@@H](OC(=O)c1ccc2c(c1)NC(=O)[C@@H]1CCCN21)C(=O)NCCc1ccccc1. The molecule has 0 unspecified atom stereocenters. The normalized spacial score (nSPS) is 18.1. The number of carbonyl (C=O) groups is 3. The van der Waals surface area contributed by atoms with E-state index in [0.29, 0.717) is 24.2 Å². The number of anilines is 2. The molecule has 2 heterocycles. The highest BCUT2D eigenvalue weighted by Crippen LogP contribution is 2.37. The van der Waals surface area contributed by atoms with Gasteiger partial charge in [-0.2, -0.15) is 0 Å². The van der Waals surface area contributed by atoms with Crippen molar-refractivity contribution in [2.45, 2.75) is 38.3 Å². The molecule has 1 saturated heterocycles. The first-order valence-electron chi connectivity index (χ1n) is 10.3. The van der Waals surface area contributed by atoms with E-state index >= 15 is 0 Å². The van der Waals surface area contributed by atoms with Gasteiger partial charge in [0.25, 0.3) is 5.91 Å². The van der Waals surface area contributed by atoms with Gasteiger partial charge in [-0.1, -0.05) is 30.3 Å². The fourth-order valence-corrected chi connectivity index (χ4v) is 3.96. The van der Waals surface area contributed by atoms with Gasteiger partial charge in [-0.05, 0) is 49.9 Å². The Hall–Kier alpha value is -3.35. The van der Waals surface area contributed by atoms with Crippen LogP contribution in [0.2, 0.25) is 0 Å². The minimum absolute atomic E-state index is 0.0447. The first-order valence-corrected chi connectivity index (χ1v) is 10.3.